The third-order valence-corrected chi connectivity index (χ3v) is 2.28. The lowest BCUT2D eigenvalue weighted by molar-refractivity contribution is 0.174. The van der Waals surface area contributed by atoms with Gasteiger partial charge in [0.05, 0.1) is 0 Å². The molecule has 0 saturated carbocycles. The number of fused-ring (bicyclic) bond motifs is 1. The Morgan fingerprint density at radius 1 is 1.20 bits per heavy atom. The fourth-order valence-electron chi connectivity index (χ4n) is 1.45. The van der Waals surface area contributed by atoms with Crippen LogP contribution in [0.2, 0.25) is 0 Å². The Kier molecular flexibility index (Phi) is 4.24. The summed E-state index contributed by atoms with van der Waals surface area (Å²) in [6.07, 6.45) is 1.05. The van der Waals surface area contributed by atoms with E-state index in [1.807, 2.05) is 6.07 Å². The lowest BCUT2D eigenvalue weighted by atomic mass is 10.1. The lowest BCUT2D eigenvalue weighted by Crippen LogP contribution is -2.14. The molecule has 1 heterocycles. The average Bonchev–Trinajstić information content (AvgIpc) is 2.61. The molecule has 3 nitrogen and oxygen atoms in total. The summed E-state index contributed by atoms with van der Waals surface area (Å²) in [4.78, 5) is 2.17. The van der Waals surface area contributed by atoms with E-state index in [2.05, 4.69) is 31.1 Å². The molecule has 0 aliphatic carbocycles. The monoisotopic (exact) mass is 229 g/mol. The first kappa shape index (κ1) is 12.1. The maximum atomic E-state index is 5.31. The Hall–Kier alpha value is -0.930. The summed E-state index contributed by atoms with van der Waals surface area (Å²) in [7, 11) is 4.15. The van der Waals surface area contributed by atoms with E-state index in [-0.39, 0.29) is 12.4 Å². The molecule has 0 atom stereocenters. The van der Waals surface area contributed by atoms with Gasteiger partial charge in [0.2, 0.25) is 6.79 Å². The summed E-state index contributed by atoms with van der Waals surface area (Å²) in [5.41, 5.74) is 1.29. The SMILES string of the molecule is CN(C)CCc1ccc2c(c1)OCO2.Cl. The van der Waals surface area contributed by atoms with E-state index in [0.29, 0.717) is 6.79 Å². The molecule has 0 N–H and O–H groups in total. The molecule has 1 aromatic rings. The minimum Gasteiger partial charge on any atom is -0.454 e. The van der Waals surface area contributed by atoms with Gasteiger partial charge in [-0.3, -0.25) is 0 Å². The topological polar surface area (TPSA) is 21.7 Å². The molecule has 0 unspecified atom stereocenters. The molecular weight excluding hydrogens is 214 g/mol. The molecule has 15 heavy (non-hydrogen) atoms. The molecule has 0 radical (unpaired) electrons. The van der Waals surface area contributed by atoms with Gasteiger partial charge >= 0.3 is 0 Å². The zero-order valence-corrected chi connectivity index (χ0v) is 9.84. The van der Waals surface area contributed by atoms with Crippen molar-refractivity contribution in [1.29, 1.82) is 0 Å². The normalized spacial score (nSPS) is 12.7. The highest BCUT2D eigenvalue weighted by Crippen LogP contribution is 2.32. The van der Waals surface area contributed by atoms with Gasteiger partial charge in [0.1, 0.15) is 0 Å². The van der Waals surface area contributed by atoms with Crippen LogP contribution in [0.1, 0.15) is 5.56 Å². The van der Waals surface area contributed by atoms with Crippen molar-refractivity contribution in [3.8, 4) is 11.5 Å². The number of ether oxygens (including phenoxy) is 2. The predicted molar refractivity (Wildman–Crippen MR) is 62.1 cm³/mol. The third kappa shape index (κ3) is 3.01. The fourth-order valence-corrected chi connectivity index (χ4v) is 1.45. The van der Waals surface area contributed by atoms with Crippen molar-refractivity contribution < 1.29 is 9.47 Å². The Balaban J connectivity index is 0.00000112. The molecule has 84 valence electrons. The maximum Gasteiger partial charge on any atom is 0.231 e. The molecule has 0 bridgehead atoms. The van der Waals surface area contributed by atoms with Crippen molar-refractivity contribution in [2.45, 2.75) is 6.42 Å². The summed E-state index contributed by atoms with van der Waals surface area (Å²) < 4.78 is 10.6. The Morgan fingerprint density at radius 2 is 1.93 bits per heavy atom. The fraction of sp³-hybridized carbons (Fsp3) is 0.455. The second-order valence-corrected chi connectivity index (χ2v) is 3.74. The zero-order valence-electron chi connectivity index (χ0n) is 9.03. The predicted octanol–water partition coefficient (Wildman–Crippen LogP) is 1.94. The van der Waals surface area contributed by atoms with Crippen molar-refractivity contribution in [2.24, 2.45) is 0 Å². The highest BCUT2D eigenvalue weighted by molar-refractivity contribution is 5.85. The van der Waals surface area contributed by atoms with Crippen LogP contribution in [0.15, 0.2) is 18.2 Å². The average molecular weight is 230 g/mol. The van der Waals surface area contributed by atoms with Gasteiger partial charge in [-0.2, -0.15) is 0 Å². The smallest absolute Gasteiger partial charge is 0.231 e. The van der Waals surface area contributed by atoms with Crippen molar-refractivity contribution in [3.05, 3.63) is 23.8 Å². The Bertz CT molecular complexity index is 328. The van der Waals surface area contributed by atoms with Crippen LogP contribution in [0, 0.1) is 0 Å². The van der Waals surface area contributed by atoms with Crippen LogP contribution in [0.5, 0.6) is 11.5 Å². The largest absolute Gasteiger partial charge is 0.454 e. The summed E-state index contributed by atoms with van der Waals surface area (Å²) in [5.74, 6) is 1.74. The third-order valence-electron chi connectivity index (χ3n) is 2.28. The van der Waals surface area contributed by atoms with Gasteiger partial charge in [-0.05, 0) is 38.2 Å². The molecule has 0 spiro atoms. The van der Waals surface area contributed by atoms with Crippen molar-refractivity contribution >= 4 is 12.4 Å². The van der Waals surface area contributed by atoms with Crippen LogP contribution in [-0.2, 0) is 6.42 Å². The molecule has 0 aromatic heterocycles. The van der Waals surface area contributed by atoms with E-state index in [1.54, 1.807) is 0 Å². The van der Waals surface area contributed by atoms with Gasteiger partial charge in [-0.1, -0.05) is 6.07 Å². The number of halogens is 1. The van der Waals surface area contributed by atoms with Crippen molar-refractivity contribution in [3.63, 3.8) is 0 Å². The van der Waals surface area contributed by atoms with Crippen LogP contribution < -0.4 is 9.47 Å². The first-order chi connectivity index (χ1) is 6.75. The molecular formula is C11H16ClNO2. The number of nitrogens with zero attached hydrogens (tertiary/aromatic N) is 1. The van der Waals surface area contributed by atoms with E-state index in [9.17, 15) is 0 Å². The molecule has 1 aromatic carbocycles. The van der Waals surface area contributed by atoms with E-state index in [4.69, 9.17) is 9.47 Å². The van der Waals surface area contributed by atoms with Gasteiger partial charge < -0.3 is 14.4 Å². The van der Waals surface area contributed by atoms with Gasteiger partial charge in [-0.15, -0.1) is 12.4 Å². The maximum absolute atomic E-state index is 5.31. The molecule has 4 heteroatoms. The quantitative estimate of drug-likeness (QED) is 0.791. The summed E-state index contributed by atoms with van der Waals surface area (Å²) in [6, 6.07) is 6.14. The molecule has 0 fully saturated rings. The summed E-state index contributed by atoms with van der Waals surface area (Å²) >= 11 is 0. The zero-order chi connectivity index (χ0) is 9.97. The number of likely N-dealkylation sites (N-methyl/N-ethyl adjacent to an activating group) is 1. The first-order valence-electron chi connectivity index (χ1n) is 4.79. The summed E-state index contributed by atoms with van der Waals surface area (Å²) in [6.45, 7) is 1.41. The van der Waals surface area contributed by atoms with Crippen molar-refractivity contribution in [2.75, 3.05) is 27.4 Å². The molecule has 1 aliphatic rings. The summed E-state index contributed by atoms with van der Waals surface area (Å²) in [5, 5.41) is 0. The number of hydrogen-bond donors (Lipinski definition) is 0. The van der Waals surface area contributed by atoms with Crippen LogP contribution in [0.3, 0.4) is 0 Å². The van der Waals surface area contributed by atoms with E-state index in [0.717, 1.165) is 24.5 Å². The van der Waals surface area contributed by atoms with Gasteiger partial charge in [0, 0.05) is 6.54 Å². The molecule has 1 aliphatic heterocycles. The highest BCUT2D eigenvalue weighted by Gasteiger charge is 2.12. The van der Waals surface area contributed by atoms with Crippen LogP contribution in [-0.4, -0.2) is 32.3 Å². The Morgan fingerprint density at radius 3 is 2.67 bits per heavy atom. The standard InChI is InChI=1S/C11H15NO2.ClH/c1-12(2)6-5-9-3-4-10-11(7-9)14-8-13-10;/h3-4,7H,5-6,8H2,1-2H3;1H. The Labute approximate surface area is 96.4 Å². The minimum atomic E-state index is 0. The molecule has 2 rings (SSSR count). The van der Waals surface area contributed by atoms with Crippen LogP contribution in [0.25, 0.3) is 0 Å². The molecule has 0 amide bonds. The number of rotatable bonds is 3. The number of benzene rings is 1. The van der Waals surface area contributed by atoms with Gasteiger partial charge in [0.15, 0.2) is 11.5 Å². The van der Waals surface area contributed by atoms with E-state index < -0.39 is 0 Å². The second kappa shape index (κ2) is 5.24. The highest BCUT2D eigenvalue weighted by atomic mass is 35.5. The first-order valence-corrected chi connectivity index (χ1v) is 4.79. The minimum absolute atomic E-state index is 0. The number of hydrogen-bond acceptors (Lipinski definition) is 3. The van der Waals surface area contributed by atoms with Crippen LogP contribution >= 0.6 is 12.4 Å². The lowest BCUT2D eigenvalue weighted by Gasteiger charge is -2.09. The van der Waals surface area contributed by atoms with E-state index in [1.165, 1.54) is 5.56 Å². The van der Waals surface area contributed by atoms with Crippen molar-refractivity contribution in [1.82, 2.24) is 4.90 Å². The van der Waals surface area contributed by atoms with E-state index >= 15 is 0 Å². The second-order valence-electron chi connectivity index (χ2n) is 3.74. The van der Waals surface area contributed by atoms with Crippen LogP contribution in [0.4, 0.5) is 0 Å². The van der Waals surface area contributed by atoms with Gasteiger partial charge in [0.25, 0.3) is 0 Å². The molecule has 0 saturated heterocycles. The van der Waals surface area contributed by atoms with Gasteiger partial charge in [-0.25, -0.2) is 0 Å².